The summed E-state index contributed by atoms with van der Waals surface area (Å²) in [6.07, 6.45) is 0. The Morgan fingerprint density at radius 2 is 2.15 bits per heavy atom. The molecular weight excluding hydrogens is 274 g/mol. The molecule has 0 aliphatic rings. The number of hydrogen-bond donors (Lipinski definition) is 1. The predicted molar refractivity (Wildman–Crippen MR) is 80.3 cm³/mol. The molecule has 5 heteroatoms. The second-order valence-electron chi connectivity index (χ2n) is 4.09. The molecule has 1 atom stereocenters. The van der Waals surface area contributed by atoms with E-state index in [1.165, 1.54) is 0 Å². The molecular formula is C15H17NO3S. The van der Waals surface area contributed by atoms with Crippen LogP contribution in [0.3, 0.4) is 0 Å². The van der Waals surface area contributed by atoms with Crippen LogP contribution in [0.25, 0.3) is 0 Å². The van der Waals surface area contributed by atoms with Gasteiger partial charge in [0.05, 0.1) is 19.4 Å². The van der Waals surface area contributed by atoms with Gasteiger partial charge in [-0.05, 0) is 41.4 Å². The molecule has 1 unspecified atom stereocenters. The number of carbonyl (C=O) groups is 1. The highest BCUT2D eigenvalue weighted by Gasteiger charge is 2.23. The number of thiophene rings is 1. The molecule has 1 heterocycles. The van der Waals surface area contributed by atoms with Crippen molar-refractivity contribution in [2.24, 2.45) is 0 Å². The Labute approximate surface area is 122 Å². The Kier molecular flexibility index (Phi) is 5.01. The van der Waals surface area contributed by atoms with E-state index in [1.807, 2.05) is 41.1 Å². The first-order valence-electron chi connectivity index (χ1n) is 6.34. The number of hydrogen-bond acceptors (Lipinski definition) is 5. The number of carbonyl (C=O) groups excluding carboxylic acids is 1. The molecule has 2 aromatic rings. The molecule has 0 fully saturated rings. The minimum Gasteiger partial charge on any atom is -0.495 e. The molecule has 0 amide bonds. The summed E-state index contributed by atoms with van der Waals surface area (Å²) >= 11 is 1.54. The van der Waals surface area contributed by atoms with Crippen molar-refractivity contribution in [3.8, 4) is 5.75 Å². The number of ether oxygens (including phenoxy) is 2. The van der Waals surface area contributed by atoms with Gasteiger partial charge in [0.15, 0.2) is 6.04 Å². The van der Waals surface area contributed by atoms with Gasteiger partial charge in [0.1, 0.15) is 5.75 Å². The normalized spacial score (nSPS) is 11.7. The maximum Gasteiger partial charge on any atom is 0.333 e. The van der Waals surface area contributed by atoms with E-state index in [0.717, 1.165) is 11.3 Å². The second kappa shape index (κ2) is 6.96. The molecule has 4 nitrogen and oxygen atoms in total. The van der Waals surface area contributed by atoms with Crippen LogP contribution in [0.2, 0.25) is 0 Å². The summed E-state index contributed by atoms with van der Waals surface area (Å²) in [5, 5.41) is 7.06. The Hall–Kier alpha value is -2.01. The van der Waals surface area contributed by atoms with Crippen molar-refractivity contribution in [3.05, 3.63) is 46.7 Å². The SMILES string of the molecule is CCOC(=O)C(Nc1ccccc1OC)c1ccsc1. The summed E-state index contributed by atoms with van der Waals surface area (Å²) in [6.45, 7) is 2.15. The fourth-order valence-electron chi connectivity index (χ4n) is 1.86. The summed E-state index contributed by atoms with van der Waals surface area (Å²) in [5.41, 5.74) is 1.65. The highest BCUT2D eigenvalue weighted by molar-refractivity contribution is 7.08. The minimum atomic E-state index is -0.530. The van der Waals surface area contributed by atoms with E-state index in [4.69, 9.17) is 9.47 Å². The Bertz CT molecular complexity index is 554. The van der Waals surface area contributed by atoms with Gasteiger partial charge in [0.25, 0.3) is 0 Å². The lowest BCUT2D eigenvalue weighted by atomic mass is 10.1. The maximum atomic E-state index is 12.1. The van der Waals surface area contributed by atoms with Crippen molar-refractivity contribution in [2.75, 3.05) is 19.0 Å². The van der Waals surface area contributed by atoms with Gasteiger partial charge in [-0.25, -0.2) is 4.79 Å². The predicted octanol–water partition coefficient (Wildman–Crippen LogP) is 3.47. The molecule has 0 spiro atoms. The fraction of sp³-hybridized carbons (Fsp3) is 0.267. The van der Waals surface area contributed by atoms with Crippen LogP contribution in [0, 0.1) is 0 Å². The number of esters is 1. The number of methoxy groups -OCH3 is 1. The van der Waals surface area contributed by atoms with Gasteiger partial charge >= 0.3 is 5.97 Å². The van der Waals surface area contributed by atoms with E-state index in [1.54, 1.807) is 25.4 Å². The van der Waals surface area contributed by atoms with Crippen molar-refractivity contribution in [1.29, 1.82) is 0 Å². The molecule has 0 saturated carbocycles. The van der Waals surface area contributed by atoms with Crippen LogP contribution < -0.4 is 10.1 Å². The van der Waals surface area contributed by atoms with E-state index < -0.39 is 6.04 Å². The average molecular weight is 291 g/mol. The summed E-state index contributed by atoms with van der Waals surface area (Å²) in [6, 6.07) is 8.87. The summed E-state index contributed by atoms with van der Waals surface area (Å²) in [4.78, 5) is 12.1. The van der Waals surface area contributed by atoms with Crippen LogP contribution >= 0.6 is 11.3 Å². The quantitative estimate of drug-likeness (QED) is 0.828. The Morgan fingerprint density at radius 3 is 2.80 bits per heavy atom. The highest BCUT2D eigenvalue weighted by atomic mass is 32.1. The molecule has 2 rings (SSSR count). The van der Waals surface area contributed by atoms with Gasteiger partial charge in [-0.3, -0.25) is 0 Å². The first-order chi connectivity index (χ1) is 9.76. The van der Waals surface area contributed by atoms with E-state index >= 15 is 0 Å². The van der Waals surface area contributed by atoms with Crippen molar-refractivity contribution in [1.82, 2.24) is 0 Å². The number of anilines is 1. The molecule has 1 aromatic heterocycles. The van der Waals surface area contributed by atoms with E-state index in [2.05, 4.69) is 5.32 Å². The Morgan fingerprint density at radius 1 is 1.35 bits per heavy atom. The molecule has 0 aliphatic carbocycles. The summed E-state index contributed by atoms with van der Waals surface area (Å²) in [7, 11) is 1.60. The highest BCUT2D eigenvalue weighted by Crippen LogP contribution is 2.29. The van der Waals surface area contributed by atoms with Crippen LogP contribution in [-0.2, 0) is 9.53 Å². The smallest absolute Gasteiger partial charge is 0.333 e. The van der Waals surface area contributed by atoms with E-state index in [-0.39, 0.29) is 5.97 Å². The minimum absolute atomic E-state index is 0.295. The van der Waals surface area contributed by atoms with Crippen LogP contribution in [0.4, 0.5) is 5.69 Å². The molecule has 106 valence electrons. The van der Waals surface area contributed by atoms with Gasteiger partial charge in [-0.15, -0.1) is 0 Å². The zero-order chi connectivity index (χ0) is 14.4. The lowest BCUT2D eigenvalue weighted by Gasteiger charge is -2.19. The lowest BCUT2D eigenvalue weighted by Crippen LogP contribution is -2.23. The van der Waals surface area contributed by atoms with Crippen LogP contribution in [0.5, 0.6) is 5.75 Å². The first kappa shape index (κ1) is 14.4. The van der Waals surface area contributed by atoms with Crippen LogP contribution in [-0.4, -0.2) is 19.7 Å². The van der Waals surface area contributed by atoms with Gasteiger partial charge in [-0.1, -0.05) is 12.1 Å². The molecule has 1 N–H and O–H groups in total. The number of rotatable bonds is 6. The third kappa shape index (κ3) is 3.30. The number of nitrogens with one attached hydrogen (secondary N) is 1. The topological polar surface area (TPSA) is 47.6 Å². The number of benzene rings is 1. The molecule has 0 bridgehead atoms. The largest absolute Gasteiger partial charge is 0.495 e. The standard InChI is InChI=1S/C15H17NO3S/c1-3-19-15(17)14(11-8-9-20-10-11)16-12-6-4-5-7-13(12)18-2/h4-10,14,16H,3H2,1-2H3. The molecule has 0 saturated heterocycles. The summed E-state index contributed by atoms with van der Waals surface area (Å²) < 4.78 is 10.4. The molecule has 0 radical (unpaired) electrons. The van der Waals surface area contributed by atoms with Crippen LogP contribution in [0.1, 0.15) is 18.5 Å². The maximum absolute atomic E-state index is 12.1. The van der Waals surface area contributed by atoms with Gasteiger partial charge < -0.3 is 14.8 Å². The van der Waals surface area contributed by atoms with Crippen molar-refractivity contribution >= 4 is 23.0 Å². The third-order valence-corrected chi connectivity index (χ3v) is 3.51. The molecule has 0 aliphatic heterocycles. The average Bonchev–Trinajstić information content (AvgIpc) is 2.99. The van der Waals surface area contributed by atoms with E-state index in [9.17, 15) is 4.79 Å². The fourth-order valence-corrected chi connectivity index (χ4v) is 2.55. The zero-order valence-corrected chi connectivity index (χ0v) is 12.3. The third-order valence-electron chi connectivity index (χ3n) is 2.81. The molecule has 20 heavy (non-hydrogen) atoms. The second-order valence-corrected chi connectivity index (χ2v) is 4.87. The van der Waals surface area contributed by atoms with Crippen molar-refractivity contribution < 1.29 is 14.3 Å². The number of para-hydroxylation sites is 2. The van der Waals surface area contributed by atoms with Crippen LogP contribution in [0.15, 0.2) is 41.1 Å². The Balaban J connectivity index is 2.26. The zero-order valence-electron chi connectivity index (χ0n) is 11.5. The van der Waals surface area contributed by atoms with Gasteiger partial charge in [0.2, 0.25) is 0 Å². The van der Waals surface area contributed by atoms with Crippen molar-refractivity contribution in [3.63, 3.8) is 0 Å². The molecule has 1 aromatic carbocycles. The first-order valence-corrected chi connectivity index (χ1v) is 7.28. The van der Waals surface area contributed by atoms with Gasteiger partial charge in [-0.2, -0.15) is 11.3 Å². The monoisotopic (exact) mass is 291 g/mol. The van der Waals surface area contributed by atoms with E-state index in [0.29, 0.717) is 12.4 Å². The summed E-state index contributed by atoms with van der Waals surface area (Å²) in [5.74, 6) is 0.397. The lowest BCUT2D eigenvalue weighted by molar-refractivity contribution is -0.144. The van der Waals surface area contributed by atoms with Crippen molar-refractivity contribution in [2.45, 2.75) is 13.0 Å². The van der Waals surface area contributed by atoms with Gasteiger partial charge in [0, 0.05) is 0 Å².